The van der Waals surface area contributed by atoms with E-state index in [4.69, 9.17) is 12.2 Å². The van der Waals surface area contributed by atoms with E-state index < -0.39 is 0 Å². The number of nitrogens with zero attached hydrogens (tertiary/aromatic N) is 2. The van der Waals surface area contributed by atoms with Gasteiger partial charge in [-0.1, -0.05) is 42.5 Å². The van der Waals surface area contributed by atoms with Gasteiger partial charge in [0.05, 0.1) is 6.42 Å². The molecule has 0 bridgehead atoms. The van der Waals surface area contributed by atoms with Crippen LogP contribution in [0, 0.1) is 4.77 Å². The Morgan fingerprint density at radius 3 is 2.87 bits per heavy atom. The van der Waals surface area contributed by atoms with Gasteiger partial charge in [0.1, 0.15) is 0 Å². The molecule has 0 radical (unpaired) electrons. The molecule has 23 heavy (non-hydrogen) atoms. The number of aromatic nitrogens is 3. The van der Waals surface area contributed by atoms with E-state index in [-0.39, 0.29) is 5.91 Å². The highest BCUT2D eigenvalue weighted by atomic mass is 32.1. The van der Waals surface area contributed by atoms with E-state index in [1.165, 1.54) is 0 Å². The fourth-order valence-corrected chi connectivity index (χ4v) is 3.00. The zero-order valence-electron chi connectivity index (χ0n) is 12.5. The number of rotatable bonds is 4. The van der Waals surface area contributed by atoms with Crippen molar-refractivity contribution >= 4 is 28.9 Å². The van der Waals surface area contributed by atoms with Gasteiger partial charge in [-0.05, 0) is 41.4 Å². The molecule has 2 N–H and O–H groups in total. The van der Waals surface area contributed by atoms with Gasteiger partial charge in [-0.15, -0.1) is 0 Å². The third-order valence-corrected chi connectivity index (χ3v) is 4.38. The van der Waals surface area contributed by atoms with Crippen LogP contribution >= 0.6 is 12.2 Å². The van der Waals surface area contributed by atoms with Crippen molar-refractivity contribution in [1.82, 2.24) is 14.9 Å². The molecule has 0 saturated heterocycles. The first-order chi connectivity index (χ1) is 11.2. The van der Waals surface area contributed by atoms with Gasteiger partial charge in [-0.2, -0.15) is 5.10 Å². The summed E-state index contributed by atoms with van der Waals surface area (Å²) >= 11 is 5.21. The summed E-state index contributed by atoms with van der Waals surface area (Å²) in [6, 6.07) is 14.1. The standard InChI is InChI=1S/C17H16N4OS/c22-15(20-21-16(12-8-9-12)18-19-17(21)23)10-13-6-3-5-11-4-1-2-7-14(11)13/h1-7,12H,8-10H2,(H,19,23)(H,20,22). The zero-order chi connectivity index (χ0) is 15.8. The summed E-state index contributed by atoms with van der Waals surface area (Å²) in [5.41, 5.74) is 3.88. The highest BCUT2D eigenvalue weighted by Crippen LogP contribution is 2.38. The van der Waals surface area contributed by atoms with E-state index in [1.54, 1.807) is 4.68 Å². The Bertz CT molecular complexity index is 934. The van der Waals surface area contributed by atoms with Gasteiger partial charge in [0.2, 0.25) is 10.7 Å². The number of nitrogens with one attached hydrogen (secondary N) is 2. The van der Waals surface area contributed by atoms with E-state index in [0.717, 1.165) is 35.0 Å². The summed E-state index contributed by atoms with van der Waals surface area (Å²) in [7, 11) is 0. The first-order valence-electron chi connectivity index (χ1n) is 7.66. The highest BCUT2D eigenvalue weighted by Gasteiger charge is 2.29. The average molecular weight is 324 g/mol. The molecule has 0 atom stereocenters. The van der Waals surface area contributed by atoms with Gasteiger partial charge in [0.25, 0.3) is 0 Å². The quantitative estimate of drug-likeness (QED) is 0.724. The number of H-pyrrole nitrogens is 1. The maximum absolute atomic E-state index is 12.5. The molecule has 1 saturated carbocycles. The van der Waals surface area contributed by atoms with E-state index in [2.05, 4.69) is 15.6 Å². The van der Waals surface area contributed by atoms with Crippen molar-refractivity contribution in [1.29, 1.82) is 0 Å². The van der Waals surface area contributed by atoms with Crippen molar-refractivity contribution in [3.63, 3.8) is 0 Å². The van der Waals surface area contributed by atoms with Crippen LogP contribution in [0.25, 0.3) is 10.8 Å². The summed E-state index contributed by atoms with van der Waals surface area (Å²) < 4.78 is 2.04. The Morgan fingerprint density at radius 1 is 1.26 bits per heavy atom. The van der Waals surface area contributed by atoms with Crippen molar-refractivity contribution < 1.29 is 4.79 Å². The largest absolute Gasteiger partial charge is 0.273 e. The number of benzene rings is 2. The van der Waals surface area contributed by atoms with Gasteiger partial charge in [0, 0.05) is 5.92 Å². The molecule has 6 heteroatoms. The molecular formula is C17H16N4OS. The van der Waals surface area contributed by atoms with Crippen molar-refractivity contribution in [3.05, 3.63) is 58.6 Å². The molecule has 1 aliphatic rings. The van der Waals surface area contributed by atoms with Gasteiger partial charge in [0.15, 0.2) is 5.82 Å². The molecule has 1 heterocycles. The Morgan fingerprint density at radius 2 is 2.04 bits per heavy atom. The topological polar surface area (TPSA) is 62.7 Å². The molecule has 0 unspecified atom stereocenters. The van der Waals surface area contributed by atoms with Crippen molar-refractivity contribution in [2.45, 2.75) is 25.2 Å². The molecule has 4 rings (SSSR count). The number of aromatic amines is 1. The van der Waals surface area contributed by atoms with Gasteiger partial charge < -0.3 is 0 Å². The SMILES string of the molecule is O=C(Cc1cccc2ccccc12)Nn1c(C2CC2)n[nH]c1=S. The number of amides is 1. The number of hydrogen-bond acceptors (Lipinski definition) is 3. The molecule has 5 nitrogen and oxygen atoms in total. The Balaban J connectivity index is 1.58. The smallest absolute Gasteiger partial charge is 0.243 e. The normalized spacial score (nSPS) is 14.1. The average Bonchev–Trinajstić information content (AvgIpc) is 3.34. The van der Waals surface area contributed by atoms with E-state index in [0.29, 0.717) is 17.1 Å². The summed E-state index contributed by atoms with van der Waals surface area (Å²) in [6.07, 6.45) is 2.50. The molecule has 2 aromatic carbocycles. The van der Waals surface area contributed by atoms with Crippen LogP contribution in [-0.4, -0.2) is 20.8 Å². The minimum absolute atomic E-state index is 0.0965. The predicted molar refractivity (Wildman–Crippen MR) is 91.4 cm³/mol. The van der Waals surface area contributed by atoms with Crippen molar-refractivity contribution in [2.24, 2.45) is 0 Å². The van der Waals surface area contributed by atoms with Gasteiger partial charge in [-0.25, -0.2) is 4.68 Å². The van der Waals surface area contributed by atoms with Gasteiger partial charge >= 0.3 is 0 Å². The first-order valence-corrected chi connectivity index (χ1v) is 8.07. The van der Waals surface area contributed by atoms with Crippen LogP contribution in [0.5, 0.6) is 0 Å². The van der Waals surface area contributed by atoms with Crippen LogP contribution in [0.2, 0.25) is 0 Å². The second-order valence-electron chi connectivity index (χ2n) is 5.85. The molecule has 1 fully saturated rings. The second-order valence-corrected chi connectivity index (χ2v) is 6.23. The van der Waals surface area contributed by atoms with Crippen LogP contribution in [0.1, 0.15) is 30.1 Å². The van der Waals surface area contributed by atoms with E-state index in [1.807, 2.05) is 42.5 Å². The van der Waals surface area contributed by atoms with Gasteiger partial charge in [-0.3, -0.25) is 15.3 Å². The number of fused-ring (bicyclic) bond motifs is 1. The summed E-state index contributed by atoms with van der Waals surface area (Å²) in [5, 5.41) is 9.21. The second kappa shape index (κ2) is 5.62. The lowest BCUT2D eigenvalue weighted by atomic mass is 10.0. The fourth-order valence-electron chi connectivity index (χ4n) is 2.82. The van der Waals surface area contributed by atoms with Crippen LogP contribution in [0.15, 0.2) is 42.5 Å². The number of hydrogen-bond donors (Lipinski definition) is 2. The maximum atomic E-state index is 12.5. The summed E-state index contributed by atoms with van der Waals surface area (Å²) in [4.78, 5) is 12.5. The number of carbonyl (C=O) groups is 1. The predicted octanol–water partition coefficient (Wildman–Crippen LogP) is 3.28. The third-order valence-electron chi connectivity index (χ3n) is 4.11. The highest BCUT2D eigenvalue weighted by molar-refractivity contribution is 7.71. The van der Waals surface area contributed by atoms with Crippen molar-refractivity contribution in [2.75, 3.05) is 5.43 Å². The van der Waals surface area contributed by atoms with Crippen LogP contribution in [0.3, 0.4) is 0 Å². The van der Waals surface area contributed by atoms with Crippen LogP contribution < -0.4 is 5.43 Å². The molecule has 0 aliphatic heterocycles. The Hall–Kier alpha value is -2.47. The molecular weight excluding hydrogens is 308 g/mol. The van der Waals surface area contributed by atoms with Crippen molar-refractivity contribution in [3.8, 4) is 0 Å². The lowest BCUT2D eigenvalue weighted by Crippen LogP contribution is -2.26. The Labute approximate surface area is 138 Å². The molecule has 0 spiro atoms. The minimum Gasteiger partial charge on any atom is -0.273 e. The minimum atomic E-state index is -0.0965. The third kappa shape index (κ3) is 2.77. The first kappa shape index (κ1) is 14.1. The molecule has 1 aromatic heterocycles. The Kier molecular flexibility index (Phi) is 3.46. The molecule has 3 aromatic rings. The number of carbonyl (C=O) groups excluding carboxylic acids is 1. The fraction of sp³-hybridized carbons (Fsp3) is 0.235. The monoisotopic (exact) mass is 324 g/mol. The molecule has 1 amide bonds. The molecule has 1 aliphatic carbocycles. The lowest BCUT2D eigenvalue weighted by Gasteiger charge is -2.10. The summed E-state index contributed by atoms with van der Waals surface area (Å²) in [5.74, 6) is 1.13. The molecule has 116 valence electrons. The maximum Gasteiger partial charge on any atom is 0.243 e. The van der Waals surface area contributed by atoms with E-state index >= 15 is 0 Å². The lowest BCUT2D eigenvalue weighted by molar-refractivity contribution is -0.116. The van der Waals surface area contributed by atoms with Crippen LogP contribution in [0.4, 0.5) is 0 Å². The summed E-state index contributed by atoms with van der Waals surface area (Å²) in [6.45, 7) is 0. The van der Waals surface area contributed by atoms with E-state index in [9.17, 15) is 4.79 Å². The zero-order valence-corrected chi connectivity index (χ0v) is 13.3. The van der Waals surface area contributed by atoms with Crippen LogP contribution in [-0.2, 0) is 11.2 Å².